The first-order valence-electron chi connectivity index (χ1n) is 9.68. The molecule has 1 heterocycles. The first kappa shape index (κ1) is 21.3. The molecule has 1 aliphatic rings. The monoisotopic (exact) mass is 416 g/mol. The van der Waals surface area contributed by atoms with E-state index >= 15 is 0 Å². The van der Waals surface area contributed by atoms with Crippen LogP contribution in [0.25, 0.3) is 0 Å². The van der Waals surface area contributed by atoms with Gasteiger partial charge in [0.1, 0.15) is 0 Å². The summed E-state index contributed by atoms with van der Waals surface area (Å²) in [6.07, 6.45) is 0. The van der Waals surface area contributed by atoms with Crippen LogP contribution in [0.5, 0.6) is 11.5 Å². The van der Waals surface area contributed by atoms with Crippen molar-refractivity contribution >= 4 is 23.4 Å². The minimum atomic E-state index is -0.222. The Morgan fingerprint density at radius 1 is 1.10 bits per heavy atom. The second kappa shape index (κ2) is 10.4. The number of methoxy groups -OCH3 is 2. The van der Waals surface area contributed by atoms with E-state index in [4.69, 9.17) is 14.2 Å². The molecule has 0 saturated carbocycles. The van der Waals surface area contributed by atoms with Gasteiger partial charge in [-0.25, -0.2) is 0 Å². The number of nitrogens with zero attached hydrogens (tertiary/aromatic N) is 1. The fraction of sp³-hybridized carbons (Fsp3) is 0.409. The topological polar surface area (TPSA) is 60.0 Å². The van der Waals surface area contributed by atoms with Gasteiger partial charge in [-0.1, -0.05) is 12.1 Å². The molecule has 156 valence electrons. The van der Waals surface area contributed by atoms with Crippen LogP contribution in [-0.2, 0) is 16.1 Å². The SMILES string of the molecule is COc1ccc(S[C@@H](C)C(=O)NCc2ccc(N3CCOCC3)cc2)cc1OC. The second-order valence-electron chi connectivity index (χ2n) is 6.76. The van der Waals surface area contributed by atoms with Crippen molar-refractivity contribution in [3.8, 4) is 11.5 Å². The molecule has 1 amide bonds. The smallest absolute Gasteiger partial charge is 0.233 e. The van der Waals surface area contributed by atoms with Gasteiger partial charge in [0.2, 0.25) is 5.91 Å². The van der Waals surface area contributed by atoms with Crippen LogP contribution >= 0.6 is 11.8 Å². The highest BCUT2D eigenvalue weighted by molar-refractivity contribution is 8.00. The van der Waals surface area contributed by atoms with Crippen LogP contribution in [-0.4, -0.2) is 51.7 Å². The molecule has 1 aliphatic heterocycles. The van der Waals surface area contributed by atoms with Crippen molar-refractivity contribution in [2.75, 3.05) is 45.4 Å². The Bertz CT molecular complexity index is 807. The highest BCUT2D eigenvalue weighted by Crippen LogP contribution is 2.33. The van der Waals surface area contributed by atoms with Crippen LogP contribution in [0.3, 0.4) is 0 Å². The van der Waals surface area contributed by atoms with Crippen LogP contribution in [0.2, 0.25) is 0 Å². The zero-order valence-corrected chi connectivity index (χ0v) is 18.0. The summed E-state index contributed by atoms with van der Waals surface area (Å²) in [5.41, 5.74) is 2.28. The number of benzene rings is 2. The van der Waals surface area contributed by atoms with Gasteiger partial charge in [-0.05, 0) is 42.8 Å². The largest absolute Gasteiger partial charge is 0.493 e. The molecule has 2 aromatic carbocycles. The van der Waals surface area contributed by atoms with Crippen LogP contribution in [0.4, 0.5) is 5.69 Å². The predicted molar refractivity (Wildman–Crippen MR) is 116 cm³/mol. The molecule has 0 spiro atoms. The van der Waals surface area contributed by atoms with Crippen LogP contribution in [0.15, 0.2) is 47.4 Å². The number of morpholine rings is 1. The minimum absolute atomic E-state index is 0.00189. The number of thioether (sulfide) groups is 1. The molecule has 1 saturated heterocycles. The van der Waals surface area contributed by atoms with E-state index in [9.17, 15) is 4.79 Å². The quantitative estimate of drug-likeness (QED) is 0.666. The van der Waals surface area contributed by atoms with Gasteiger partial charge >= 0.3 is 0 Å². The number of carbonyl (C=O) groups is 1. The summed E-state index contributed by atoms with van der Waals surface area (Å²) in [6.45, 7) is 5.79. The summed E-state index contributed by atoms with van der Waals surface area (Å²) in [5.74, 6) is 1.34. The van der Waals surface area contributed by atoms with Crippen molar-refractivity contribution in [3.63, 3.8) is 0 Å². The van der Waals surface area contributed by atoms with Crippen molar-refractivity contribution in [2.24, 2.45) is 0 Å². The first-order chi connectivity index (χ1) is 14.1. The molecular weight excluding hydrogens is 388 g/mol. The zero-order valence-electron chi connectivity index (χ0n) is 17.1. The lowest BCUT2D eigenvalue weighted by atomic mass is 10.2. The molecule has 29 heavy (non-hydrogen) atoms. The maximum Gasteiger partial charge on any atom is 0.233 e. The van der Waals surface area contributed by atoms with Crippen molar-refractivity contribution in [1.29, 1.82) is 0 Å². The predicted octanol–water partition coefficient (Wildman–Crippen LogP) is 3.34. The molecule has 1 atom stereocenters. The lowest BCUT2D eigenvalue weighted by Crippen LogP contribution is -2.36. The van der Waals surface area contributed by atoms with Crippen LogP contribution in [0, 0.1) is 0 Å². The Morgan fingerprint density at radius 2 is 1.79 bits per heavy atom. The molecule has 0 unspecified atom stereocenters. The van der Waals surface area contributed by atoms with Crippen molar-refractivity contribution in [3.05, 3.63) is 48.0 Å². The van der Waals surface area contributed by atoms with Gasteiger partial charge in [-0.3, -0.25) is 4.79 Å². The average molecular weight is 417 g/mol. The van der Waals surface area contributed by atoms with E-state index in [-0.39, 0.29) is 11.2 Å². The number of nitrogens with one attached hydrogen (secondary N) is 1. The first-order valence-corrected chi connectivity index (χ1v) is 10.6. The van der Waals surface area contributed by atoms with Gasteiger partial charge in [0, 0.05) is 30.2 Å². The summed E-state index contributed by atoms with van der Waals surface area (Å²) in [4.78, 5) is 15.8. The van der Waals surface area contributed by atoms with E-state index in [0.29, 0.717) is 18.0 Å². The molecule has 0 radical (unpaired) electrons. The van der Waals surface area contributed by atoms with Gasteiger partial charge in [-0.2, -0.15) is 0 Å². The maximum atomic E-state index is 12.5. The molecule has 6 nitrogen and oxygen atoms in total. The summed E-state index contributed by atoms with van der Waals surface area (Å²) in [5, 5.41) is 2.80. The third-order valence-electron chi connectivity index (χ3n) is 4.82. The fourth-order valence-corrected chi connectivity index (χ4v) is 4.05. The van der Waals surface area contributed by atoms with Crippen molar-refractivity contribution in [2.45, 2.75) is 23.6 Å². The number of amides is 1. The lowest BCUT2D eigenvalue weighted by Gasteiger charge is -2.28. The highest BCUT2D eigenvalue weighted by atomic mass is 32.2. The number of anilines is 1. The summed E-state index contributed by atoms with van der Waals surface area (Å²) in [6, 6.07) is 14.0. The van der Waals surface area contributed by atoms with Crippen LogP contribution < -0.4 is 19.7 Å². The lowest BCUT2D eigenvalue weighted by molar-refractivity contribution is -0.120. The molecule has 2 aromatic rings. The molecule has 0 aliphatic carbocycles. The third-order valence-corrected chi connectivity index (χ3v) is 5.91. The number of rotatable bonds is 8. The van der Waals surface area contributed by atoms with Crippen LogP contribution in [0.1, 0.15) is 12.5 Å². The number of hydrogen-bond acceptors (Lipinski definition) is 6. The number of carbonyl (C=O) groups excluding carboxylic acids is 1. The van der Waals surface area contributed by atoms with E-state index in [1.807, 2.05) is 25.1 Å². The molecule has 1 N–H and O–H groups in total. The summed E-state index contributed by atoms with van der Waals surface area (Å²) in [7, 11) is 3.21. The highest BCUT2D eigenvalue weighted by Gasteiger charge is 2.16. The molecule has 1 fully saturated rings. The Labute approximate surface area is 176 Å². The average Bonchev–Trinajstić information content (AvgIpc) is 2.78. The summed E-state index contributed by atoms with van der Waals surface area (Å²) < 4.78 is 16.0. The minimum Gasteiger partial charge on any atom is -0.493 e. The maximum absolute atomic E-state index is 12.5. The van der Waals surface area contributed by atoms with Crippen molar-refractivity contribution in [1.82, 2.24) is 5.32 Å². The van der Waals surface area contributed by atoms with Gasteiger partial charge in [-0.15, -0.1) is 11.8 Å². The van der Waals surface area contributed by atoms with Gasteiger partial charge in [0.15, 0.2) is 11.5 Å². The van der Waals surface area contributed by atoms with E-state index in [0.717, 1.165) is 36.8 Å². The van der Waals surface area contributed by atoms with E-state index in [1.54, 1.807) is 14.2 Å². The fourth-order valence-electron chi connectivity index (χ4n) is 3.13. The number of hydrogen-bond donors (Lipinski definition) is 1. The Hall–Kier alpha value is -2.38. The molecule has 0 bridgehead atoms. The van der Waals surface area contributed by atoms with Gasteiger partial charge in [0.05, 0.1) is 32.7 Å². The van der Waals surface area contributed by atoms with Gasteiger partial charge < -0.3 is 24.4 Å². The Kier molecular flexibility index (Phi) is 7.66. The number of ether oxygens (including phenoxy) is 3. The van der Waals surface area contributed by atoms with Crippen molar-refractivity contribution < 1.29 is 19.0 Å². The second-order valence-corrected chi connectivity index (χ2v) is 8.17. The Balaban J connectivity index is 1.51. The summed E-state index contributed by atoms with van der Waals surface area (Å²) >= 11 is 1.49. The standard InChI is InChI=1S/C22H28N2O4S/c1-16(29-19-8-9-20(26-2)21(14-19)27-3)22(25)23-15-17-4-6-18(7-5-17)24-10-12-28-13-11-24/h4-9,14,16H,10-13,15H2,1-3H3,(H,23,25)/t16-/m0/s1. The molecular formula is C22H28N2O4S. The van der Waals surface area contributed by atoms with Gasteiger partial charge in [0.25, 0.3) is 0 Å². The zero-order chi connectivity index (χ0) is 20.6. The van der Waals surface area contributed by atoms with E-state index < -0.39 is 0 Å². The van der Waals surface area contributed by atoms with E-state index in [1.165, 1.54) is 17.4 Å². The van der Waals surface area contributed by atoms with E-state index in [2.05, 4.69) is 34.5 Å². The molecule has 3 rings (SSSR count). The Morgan fingerprint density at radius 3 is 2.45 bits per heavy atom. The normalized spacial score (nSPS) is 14.9. The molecule has 0 aromatic heterocycles. The molecule has 7 heteroatoms. The third kappa shape index (κ3) is 5.81.